The Balaban J connectivity index is 1.52. The zero-order valence-electron chi connectivity index (χ0n) is 16.2. The van der Waals surface area contributed by atoms with Gasteiger partial charge in [-0.1, -0.05) is 26.7 Å². The van der Waals surface area contributed by atoms with Crippen LogP contribution in [-0.4, -0.2) is 71.2 Å². The van der Waals surface area contributed by atoms with E-state index in [9.17, 15) is 5.11 Å². The summed E-state index contributed by atoms with van der Waals surface area (Å²) < 4.78 is 4.39. The van der Waals surface area contributed by atoms with Gasteiger partial charge in [-0.05, 0) is 12.8 Å². The third kappa shape index (κ3) is 4.28. The highest BCUT2D eigenvalue weighted by Gasteiger charge is 2.35. The van der Waals surface area contributed by atoms with Crippen molar-refractivity contribution in [1.82, 2.24) is 19.6 Å². The Morgan fingerprint density at radius 1 is 1.35 bits per heavy atom. The summed E-state index contributed by atoms with van der Waals surface area (Å²) in [6, 6.07) is 0. The molecule has 2 aliphatic rings. The molecule has 26 heavy (non-hydrogen) atoms. The number of guanidine groups is 1. The topological polar surface area (TPSA) is 76.9 Å². The van der Waals surface area contributed by atoms with Crippen LogP contribution >= 0.6 is 11.5 Å². The van der Waals surface area contributed by atoms with Crippen LogP contribution in [0.15, 0.2) is 4.99 Å². The molecule has 0 radical (unpaired) electrons. The number of aromatic nitrogens is 2. The summed E-state index contributed by atoms with van der Waals surface area (Å²) in [7, 11) is 1.84. The average molecular weight is 381 g/mol. The largest absolute Gasteiger partial charge is 0.392 e. The molecule has 2 fully saturated rings. The van der Waals surface area contributed by atoms with E-state index in [1.165, 1.54) is 18.0 Å². The lowest BCUT2D eigenvalue weighted by Gasteiger charge is -2.41. The summed E-state index contributed by atoms with van der Waals surface area (Å²) in [6.45, 7) is 8.74. The molecule has 1 saturated carbocycles. The summed E-state index contributed by atoms with van der Waals surface area (Å²) in [6.07, 6.45) is 4.99. The summed E-state index contributed by atoms with van der Waals surface area (Å²) in [5.41, 5.74) is -0.0564. The zero-order valence-corrected chi connectivity index (χ0v) is 17.1. The molecule has 0 bridgehead atoms. The van der Waals surface area contributed by atoms with Crippen LogP contribution in [0.1, 0.15) is 45.4 Å². The van der Waals surface area contributed by atoms with Crippen molar-refractivity contribution in [3.05, 3.63) is 5.82 Å². The van der Waals surface area contributed by atoms with Crippen molar-refractivity contribution in [2.45, 2.75) is 52.1 Å². The second kappa shape index (κ2) is 8.52. The predicted molar refractivity (Wildman–Crippen MR) is 107 cm³/mol. The standard InChI is InChI=1S/C18H32N6OS/c1-4-15-21-17(26-22-15)24-11-9-23(10-12-24)16(19-3)20-13-18(2)8-6-5-7-14(18)25/h14,25H,4-13H2,1-3H3,(H,19,20). The van der Waals surface area contributed by atoms with Crippen molar-refractivity contribution >= 4 is 22.6 Å². The highest BCUT2D eigenvalue weighted by atomic mass is 32.1. The molecule has 1 aromatic rings. The Bertz CT molecular complexity index is 613. The van der Waals surface area contributed by atoms with Crippen molar-refractivity contribution in [2.24, 2.45) is 10.4 Å². The van der Waals surface area contributed by atoms with E-state index in [4.69, 9.17) is 0 Å². The first-order valence-corrected chi connectivity index (χ1v) is 10.5. The highest BCUT2D eigenvalue weighted by Crippen LogP contribution is 2.35. The van der Waals surface area contributed by atoms with Gasteiger partial charge in [-0.3, -0.25) is 4.99 Å². The minimum atomic E-state index is -0.219. The maximum absolute atomic E-state index is 10.4. The van der Waals surface area contributed by atoms with Gasteiger partial charge in [0.25, 0.3) is 0 Å². The first kappa shape index (κ1) is 19.4. The van der Waals surface area contributed by atoms with Gasteiger partial charge in [-0.15, -0.1) is 0 Å². The maximum atomic E-state index is 10.4. The van der Waals surface area contributed by atoms with Gasteiger partial charge in [0, 0.05) is 63.1 Å². The molecule has 3 rings (SSSR count). The molecule has 8 heteroatoms. The number of nitrogens with one attached hydrogen (secondary N) is 1. The smallest absolute Gasteiger partial charge is 0.205 e. The molecule has 0 amide bonds. The third-order valence-electron chi connectivity index (χ3n) is 5.77. The van der Waals surface area contributed by atoms with E-state index >= 15 is 0 Å². The van der Waals surface area contributed by atoms with Crippen molar-refractivity contribution < 1.29 is 5.11 Å². The van der Waals surface area contributed by atoms with Crippen molar-refractivity contribution in [3.8, 4) is 0 Å². The monoisotopic (exact) mass is 380 g/mol. The molecule has 0 spiro atoms. The second-order valence-electron chi connectivity index (χ2n) is 7.64. The van der Waals surface area contributed by atoms with E-state index in [0.717, 1.165) is 75.3 Å². The van der Waals surface area contributed by atoms with E-state index in [1.807, 2.05) is 7.05 Å². The first-order chi connectivity index (χ1) is 12.6. The van der Waals surface area contributed by atoms with Gasteiger partial charge >= 0.3 is 0 Å². The molecule has 2 unspecified atom stereocenters. The number of anilines is 1. The lowest BCUT2D eigenvalue weighted by molar-refractivity contribution is 0.00364. The third-order valence-corrected chi connectivity index (χ3v) is 6.58. The summed E-state index contributed by atoms with van der Waals surface area (Å²) in [4.78, 5) is 13.7. The van der Waals surface area contributed by atoms with Gasteiger partial charge in [0.05, 0.1) is 6.10 Å². The summed E-state index contributed by atoms with van der Waals surface area (Å²) >= 11 is 1.50. The number of hydrogen-bond acceptors (Lipinski definition) is 6. The van der Waals surface area contributed by atoms with Crippen molar-refractivity contribution in [3.63, 3.8) is 0 Å². The predicted octanol–water partition coefficient (Wildman–Crippen LogP) is 1.74. The van der Waals surface area contributed by atoms with Crippen molar-refractivity contribution in [2.75, 3.05) is 44.7 Å². The number of piperazine rings is 1. The average Bonchev–Trinajstić information content (AvgIpc) is 3.15. The maximum Gasteiger partial charge on any atom is 0.205 e. The number of aliphatic hydroxyl groups excluding tert-OH is 1. The number of hydrogen-bond donors (Lipinski definition) is 2. The van der Waals surface area contributed by atoms with Crippen LogP contribution in [0.5, 0.6) is 0 Å². The Morgan fingerprint density at radius 3 is 2.73 bits per heavy atom. The van der Waals surface area contributed by atoms with E-state index in [1.54, 1.807) is 0 Å². The summed E-state index contributed by atoms with van der Waals surface area (Å²) in [5, 5.41) is 14.9. The number of aliphatic imine (C=N–C) groups is 1. The molecule has 1 saturated heterocycles. The number of aliphatic hydroxyl groups is 1. The Hall–Kier alpha value is -1.41. The van der Waals surface area contributed by atoms with Gasteiger partial charge in [0.2, 0.25) is 5.13 Å². The lowest BCUT2D eigenvalue weighted by atomic mass is 9.73. The van der Waals surface area contributed by atoms with Gasteiger partial charge in [0.1, 0.15) is 5.82 Å². The highest BCUT2D eigenvalue weighted by molar-refractivity contribution is 7.09. The van der Waals surface area contributed by atoms with E-state index in [2.05, 4.69) is 43.3 Å². The van der Waals surface area contributed by atoms with Crippen LogP contribution in [-0.2, 0) is 6.42 Å². The minimum Gasteiger partial charge on any atom is -0.392 e. The van der Waals surface area contributed by atoms with Crippen LogP contribution < -0.4 is 10.2 Å². The van der Waals surface area contributed by atoms with Gasteiger partial charge in [-0.2, -0.15) is 4.37 Å². The molecular weight excluding hydrogens is 348 g/mol. The molecule has 1 aliphatic heterocycles. The quantitative estimate of drug-likeness (QED) is 0.612. The Kier molecular flexibility index (Phi) is 6.34. The van der Waals surface area contributed by atoms with Crippen LogP contribution in [0.2, 0.25) is 0 Å². The van der Waals surface area contributed by atoms with E-state index in [-0.39, 0.29) is 11.5 Å². The van der Waals surface area contributed by atoms with Gasteiger partial charge < -0.3 is 20.2 Å². The molecular formula is C18H32N6OS. The van der Waals surface area contributed by atoms with Gasteiger partial charge in [0.15, 0.2) is 5.96 Å². The zero-order chi connectivity index (χ0) is 18.6. The molecule has 1 aromatic heterocycles. The normalized spacial score (nSPS) is 27.7. The lowest BCUT2D eigenvalue weighted by Crippen LogP contribution is -2.55. The molecule has 0 aromatic carbocycles. The molecule has 7 nitrogen and oxygen atoms in total. The van der Waals surface area contributed by atoms with E-state index < -0.39 is 0 Å². The van der Waals surface area contributed by atoms with E-state index in [0.29, 0.717) is 0 Å². The SMILES string of the molecule is CCc1nsc(N2CCN(C(=NC)NCC3(C)CCCCC3O)CC2)n1. The fourth-order valence-electron chi connectivity index (χ4n) is 3.83. The van der Waals surface area contributed by atoms with Gasteiger partial charge in [-0.25, -0.2) is 4.98 Å². The Labute approximate surface area is 160 Å². The fraction of sp³-hybridized carbons (Fsp3) is 0.833. The minimum absolute atomic E-state index is 0.0564. The number of rotatable bonds is 4. The fourth-order valence-corrected chi connectivity index (χ4v) is 4.63. The number of aryl methyl sites for hydroxylation is 1. The van der Waals surface area contributed by atoms with Crippen LogP contribution in [0.4, 0.5) is 5.13 Å². The molecule has 2 N–H and O–H groups in total. The van der Waals surface area contributed by atoms with Crippen molar-refractivity contribution in [1.29, 1.82) is 0 Å². The summed E-state index contributed by atoms with van der Waals surface area (Å²) in [5.74, 6) is 1.87. The van der Waals surface area contributed by atoms with Crippen LogP contribution in [0.25, 0.3) is 0 Å². The van der Waals surface area contributed by atoms with Crippen LogP contribution in [0, 0.1) is 5.41 Å². The molecule has 2 atom stereocenters. The first-order valence-electron chi connectivity index (χ1n) is 9.77. The molecule has 1 aliphatic carbocycles. The molecule has 2 heterocycles. The number of nitrogens with zero attached hydrogens (tertiary/aromatic N) is 5. The van der Waals surface area contributed by atoms with Crippen LogP contribution in [0.3, 0.4) is 0 Å². The molecule has 146 valence electrons. The second-order valence-corrected chi connectivity index (χ2v) is 8.37. The Morgan fingerprint density at radius 2 is 2.12 bits per heavy atom.